The summed E-state index contributed by atoms with van der Waals surface area (Å²) >= 11 is 5.82. The average molecular weight is 405 g/mol. The van der Waals surface area contributed by atoms with E-state index in [1.54, 1.807) is 33.5 Å². The van der Waals surface area contributed by atoms with Crippen molar-refractivity contribution >= 4 is 17.6 Å². The minimum Gasteiger partial charge on any atom is -0.493 e. The number of methoxy groups -OCH3 is 2. The number of rotatable bonds is 8. The van der Waals surface area contributed by atoms with E-state index in [1.165, 1.54) is 0 Å². The third-order valence-corrected chi connectivity index (χ3v) is 4.80. The van der Waals surface area contributed by atoms with Crippen LogP contribution < -0.4 is 20.1 Å². The summed E-state index contributed by atoms with van der Waals surface area (Å²) in [5.74, 6) is 2.21. The number of nitrogens with one attached hydrogen (secondary N) is 2. The molecule has 0 aliphatic heterocycles. The molecule has 1 aromatic heterocycles. The molecule has 0 bridgehead atoms. The van der Waals surface area contributed by atoms with Gasteiger partial charge in [0.2, 0.25) is 0 Å². The van der Waals surface area contributed by atoms with Crippen molar-refractivity contribution in [1.29, 1.82) is 0 Å². The van der Waals surface area contributed by atoms with Gasteiger partial charge in [0.05, 0.1) is 14.2 Å². The van der Waals surface area contributed by atoms with E-state index in [-0.39, 0.29) is 5.41 Å². The number of ether oxygens (including phenoxy) is 2. The van der Waals surface area contributed by atoms with Crippen LogP contribution >= 0.6 is 11.6 Å². The second kappa shape index (κ2) is 10.2. The van der Waals surface area contributed by atoms with E-state index in [9.17, 15) is 0 Å². The first-order valence-electron chi connectivity index (χ1n) is 9.17. The molecule has 152 valence electrons. The first-order valence-corrected chi connectivity index (χ1v) is 9.55. The Balaban J connectivity index is 1.91. The maximum absolute atomic E-state index is 5.82. The summed E-state index contributed by atoms with van der Waals surface area (Å²) in [4.78, 5) is 8.40. The highest BCUT2D eigenvalue weighted by molar-refractivity contribution is 6.29. The van der Waals surface area contributed by atoms with Gasteiger partial charge < -0.3 is 20.1 Å². The van der Waals surface area contributed by atoms with Gasteiger partial charge in [-0.3, -0.25) is 4.99 Å². The number of nitrogens with zero attached hydrogens (tertiary/aromatic N) is 2. The maximum atomic E-state index is 5.82. The molecular weight excluding hydrogens is 376 g/mol. The Bertz CT molecular complexity index is 791. The quantitative estimate of drug-likeness (QED) is 0.401. The average Bonchev–Trinajstić information content (AvgIpc) is 2.71. The van der Waals surface area contributed by atoms with Gasteiger partial charge in [-0.25, -0.2) is 4.98 Å². The van der Waals surface area contributed by atoms with Crippen molar-refractivity contribution in [2.24, 2.45) is 4.99 Å². The van der Waals surface area contributed by atoms with Gasteiger partial charge in [-0.15, -0.1) is 0 Å². The highest BCUT2D eigenvalue weighted by Gasteiger charge is 2.22. The number of hydrogen-bond acceptors (Lipinski definition) is 4. The summed E-state index contributed by atoms with van der Waals surface area (Å²) in [6, 6.07) is 9.79. The van der Waals surface area contributed by atoms with Crippen LogP contribution in [0.2, 0.25) is 5.15 Å². The number of aliphatic imine (C=N–C) groups is 1. The fourth-order valence-corrected chi connectivity index (χ4v) is 2.88. The third-order valence-electron chi connectivity index (χ3n) is 4.58. The molecule has 28 heavy (non-hydrogen) atoms. The SMILES string of the molecule is CN=C(NCCc1ccc(Cl)nc1)NCC(C)(C)c1ccc(OC)c(OC)c1. The Morgan fingerprint density at radius 1 is 1.11 bits per heavy atom. The van der Waals surface area contributed by atoms with Crippen LogP contribution in [0.3, 0.4) is 0 Å². The number of pyridine rings is 1. The summed E-state index contributed by atoms with van der Waals surface area (Å²) in [5, 5.41) is 7.24. The van der Waals surface area contributed by atoms with Crippen molar-refractivity contribution in [1.82, 2.24) is 15.6 Å². The molecule has 0 unspecified atom stereocenters. The van der Waals surface area contributed by atoms with E-state index in [1.807, 2.05) is 18.2 Å². The monoisotopic (exact) mass is 404 g/mol. The predicted molar refractivity (Wildman–Crippen MR) is 115 cm³/mol. The fraction of sp³-hybridized carbons (Fsp3) is 0.429. The van der Waals surface area contributed by atoms with Crippen molar-refractivity contribution in [3.63, 3.8) is 0 Å². The maximum Gasteiger partial charge on any atom is 0.191 e. The van der Waals surface area contributed by atoms with Gasteiger partial charge in [-0.2, -0.15) is 0 Å². The molecule has 0 fully saturated rings. The van der Waals surface area contributed by atoms with Crippen molar-refractivity contribution in [2.75, 3.05) is 34.4 Å². The van der Waals surface area contributed by atoms with E-state index < -0.39 is 0 Å². The van der Waals surface area contributed by atoms with Crippen LogP contribution in [0, 0.1) is 0 Å². The van der Waals surface area contributed by atoms with Gasteiger partial charge >= 0.3 is 0 Å². The lowest BCUT2D eigenvalue weighted by Crippen LogP contribution is -2.44. The van der Waals surface area contributed by atoms with E-state index in [0.717, 1.165) is 41.6 Å². The Morgan fingerprint density at radius 2 is 1.86 bits per heavy atom. The number of hydrogen-bond donors (Lipinski definition) is 2. The zero-order valence-electron chi connectivity index (χ0n) is 17.2. The molecule has 1 aromatic carbocycles. The number of aromatic nitrogens is 1. The lowest BCUT2D eigenvalue weighted by molar-refractivity contribution is 0.353. The summed E-state index contributed by atoms with van der Waals surface area (Å²) in [5.41, 5.74) is 2.15. The largest absolute Gasteiger partial charge is 0.493 e. The minimum absolute atomic E-state index is 0.128. The van der Waals surface area contributed by atoms with Crippen LogP contribution in [0.4, 0.5) is 0 Å². The Hall–Kier alpha value is -2.47. The lowest BCUT2D eigenvalue weighted by Gasteiger charge is -2.27. The molecule has 2 aromatic rings. The molecule has 1 heterocycles. The second-order valence-electron chi connectivity index (χ2n) is 7.05. The van der Waals surface area contributed by atoms with Crippen LogP contribution in [-0.2, 0) is 11.8 Å². The van der Waals surface area contributed by atoms with E-state index >= 15 is 0 Å². The lowest BCUT2D eigenvalue weighted by atomic mass is 9.84. The first-order chi connectivity index (χ1) is 13.4. The Labute approximate surface area is 172 Å². The summed E-state index contributed by atoms with van der Waals surface area (Å²) in [6.07, 6.45) is 2.63. The van der Waals surface area contributed by atoms with Gasteiger partial charge in [-0.1, -0.05) is 37.6 Å². The molecule has 0 aliphatic carbocycles. The molecule has 0 saturated carbocycles. The standard InChI is InChI=1S/C21H29ClN4O2/c1-21(2,16-7-8-17(27-4)18(12-16)28-5)14-26-20(23-3)24-11-10-15-6-9-19(22)25-13-15/h6-9,12-13H,10-11,14H2,1-5H3,(H2,23,24,26). The smallest absolute Gasteiger partial charge is 0.191 e. The van der Waals surface area contributed by atoms with Gasteiger partial charge in [0.1, 0.15) is 5.15 Å². The van der Waals surface area contributed by atoms with Gasteiger partial charge in [-0.05, 0) is 35.7 Å². The van der Waals surface area contributed by atoms with E-state index in [0.29, 0.717) is 11.7 Å². The van der Waals surface area contributed by atoms with Crippen molar-refractivity contribution < 1.29 is 9.47 Å². The fourth-order valence-electron chi connectivity index (χ4n) is 2.76. The molecule has 0 spiro atoms. The highest BCUT2D eigenvalue weighted by atomic mass is 35.5. The topological polar surface area (TPSA) is 67.8 Å². The zero-order chi connectivity index (χ0) is 20.6. The molecule has 6 nitrogen and oxygen atoms in total. The summed E-state index contributed by atoms with van der Waals surface area (Å²) in [6.45, 7) is 5.81. The van der Waals surface area contributed by atoms with Gasteiger partial charge in [0.25, 0.3) is 0 Å². The molecular formula is C21H29ClN4O2. The number of guanidine groups is 1. The molecule has 0 saturated heterocycles. The molecule has 2 N–H and O–H groups in total. The van der Waals surface area contributed by atoms with Crippen molar-refractivity contribution in [2.45, 2.75) is 25.7 Å². The summed E-state index contributed by atoms with van der Waals surface area (Å²) in [7, 11) is 5.05. The van der Waals surface area contributed by atoms with Crippen LogP contribution in [0.1, 0.15) is 25.0 Å². The van der Waals surface area contributed by atoms with Crippen LogP contribution in [0.15, 0.2) is 41.5 Å². The number of halogens is 1. The molecule has 0 atom stereocenters. The molecule has 7 heteroatoms. The first kappa shape index (κ1) is 21.8. The molecule has 0 amide bonds. The van der Waals surface area contributed by atoms with Crippen molar-refractivity contribution in [3.05, 3.63) is 52.8 Å². The predicted octanol–water partition coefficient (Wildman–Crippen LogP) is 3.44. The molecule has 0 aliphatic rings. The van der Waals surface area contributed by atoms with Gasteiger partial charge in [0, 0.05) is 31.7 Å². The van der Waals surface area contributed by atoms with E-state index in [2.05, 4.69) is 40.5 Å². The Morgan fingerprint density at radius 3 is 2.46 bits per heavy atom. The normalized spacial score (nSPS) is 11.9. The Kier molecular flexibility index (Phi) is 7.93. The molecule has 2 rings (SSSR count). The minimum atomic E-state index is -0.128. The van der Waals surface area contributed by atoms with Crippen molar-refractivity contribution in [3.8, 4) is 11.5 Å². The highest BCUT2D eigenvalue weighted by Crippen LogP contribution is 2.32. The van der Waals surface area contributed by atoms with Crippen LogP contribution in [0.5, 0.6) is 11.5 Å². The van der Waals surface area contributed by atoms with E-state index in [4.69, 9.17) is 21.1 Å². The zero-order valence-corrected chi connectivity index (χ0v) is 17.9. The third kappa shape index (κ3) is 6.02. The molecule has 0 radical (unpaired) electrons. The summed E-state index contributed by atoms with van der Waals surface area (Å²) < 4.78 is 10.8. The van der Waals surface area contributed by atoms with Crippen LogP contribution in [-0.4, -0.2) is 45.3 Å². The van der Waals surface area contributed by atoms with Gasteiger partial charge in [0.15, 0.2) is 17.5 Å². The number of benzene rings is 1. The second-order valence-corrected chi connectivity index (χ2v) is 7.43. The van der Waals surface area contributed by atoms with Crippen LogP contribution in [0.25, 0.3) is 0 Å².